The SMILES string of the molecule is COc1ccc(CCC2CCN(C(=O)c3ccccc3NC(=O)c3ccsc3)CC2)cc1. The molecule has 6 heteroatoms. The Labute approximate surface area is 193 Å². The molecule has 1 aliphatic rings. The first-order valence-corrected chi connectivity index (χ1v) is 11.9. The summed E-state index contributed by atoms with van der Waals surface area (Å²) in [6.45, 7) is 1.50. The van der Waals surface area contributed by atoms with Gasteiger partial charge in [0, 0.05) is 18.5 Å². The second kappa shape index (κ2) is 10.5. The number of thiophene rings is 1. The Kier molecular flexibility index (Phi) is 7.22. The van der Waals surface area contributed by atoms with Crippen LogP contribution in [0.5, 0.6) is 5.75 Å². The minimum Gasteiger partial charge on any atom is -0.497 e. The molecule has 2 aromatic carbocycles. The fourth-order valence-corrected chi connectivity index (χ4v) is 4.76. The molecular formula is C26H28N2O3S. The molecule has 1 aromatic heterocycles. The lowest BCUT2D eigenvalue weighted by Gasteiger charge is -2.32. The molecule has 0 bridgehead atoms. The minimum atomic E-state index is -0.191. The summed E-state index contributed by atoms with van der Waals surface area (Å²) >= 11 is 1.47. The van der Waals surface area contributed by atoms with Crippen molar-refractivity contribution in [3.63, 3.8) is 0 Å². The smallest absolute Gasteiger partial charge is 0.256 e. The topological polar surface area (TPSA) is 58.6 Å². The Morgan fingerprint density at radius 3 is 2.50 bits per heavy atom. The van der Waals surface area contributed by atoms with Crippen molar-refractivity contribution in [2.75, 3.05) is 25.5 Å². The molecule has 0 saturated carbocycles. The largest absolute Gasteiger partial charge is 0.497 e. The van der Waals surface area contributed by atoms with Gasteiger partial charge in [-0.2, -0.15) is 11.3 Å². The van der Waals surface area contributed by atoms with Gasteiger partial charge in [-0.3, -0.25) is 9.59 Å². The van der Waals surface area contributed by atoms with Gasteiger partial charge in [0.25, 0.3) is 11.8 Å². The molecule has 1 N–H and O–H groups in total. The van der Waals surface area contributed by atoms with E-state index in [0.29, 0.717) is 22.7 Å². The van der Waals surface area contributed by atoms with Crippen LogP contribution in [0.1, 0.15) is 45.5 Å². The zero-order chi connectivity index (χ0) is 22.3. The van der Waals surface area contributed by atoms with Gasteiger partial charge >= 0.3 is 0 Å². The van der Waals surface area contributed by atoms with Gasteiger partial charge in [0.05, 0.1) is 23.9 Å². The van der Waals surface area contributed by atoms with Gasteiger partial charge < -0.3 is 15.0 Å². The van der Waals surface area contributed by atoms with Gasteiger partial charge in [-0.1, -0.05) is 24.3 Å². The molecule has 0 spiro atoms. The highest BCUT2D eigenvalue weighted by molar-refractivity contribution is 7.08. The van der Waals surface area contributed by atoms with E-state index in [1.54, 1.807) is 30.7 Å². The van der Waals surface area contributed by atoms with Crippen molar-refractivity contribution in [2.45, 2.75) is 25.7 Å². The molecule has 32 heavy (non-hydrogen) atoms. The predicted octanol–water partition coefficient (Wildman–Crippen LogP) is 5.49. The van der Waals surface area contributed by atoms with Crippen LogP contribution in [0.3, 0.4) is 0 Å². The van der Waals surface area contributed by atoms with Crippen LogP contribution in [0.2, 0.25) is 0 Å². The number of ether oxygens (including phenoxy) is 1. The van der Waals surface area contributed by atoms with Crippen LogP contribution < -0.4 is 10.1 Å². The highest BCUT2D eigenvalue weighted by atomic mass is 32.1. The highest BCUT2D eigenvalue weighted by Gasteiger charge is 2.25. The van der Waals surface area contributed by atoms with E-state index < -0.39 is 0 Å². The number of hydrogen-bond donors (Lipinski definition) is 1. The van der Waals surface area contributed by atoms with Crippen molar-refractivity contribution in [2.24, 2.45) is 5.92 Å². The van der Waals surface area contributed by atoms with Crippen molar-refractivity contribution in [1.29, 1.82) is 0 Å². The Hall–Kier alpha value is -3.12. The Morgan fingerprint density at radius 1 is 1.06 bits per heavy atom. The number of rotatable bonds is 7. The average Bonchev–Trinajstić information content (AvgIpc) is 3.39. The molecule has 4 rings (SSSR count). The summed E-state index contributed by atoms with van der Waals surface area (Å²) in [7, 11) is 1.68. The van der Waals surface area contributed by atoms with Crippen molar-refractivity contribution in [3.05, 3.63) is 82.0 Å². The number of hydrogen-bond acceptors (Lipinski definition) is 4. The van der Waals surface area contributed by atoms with Crippen molar-refractivity contribution in [1.82, 2.24) is 4.90 Å². The van der Waals surface area contributed by atoms with Crippen molar-refractivity contribution < 1.29 is 14.3 Å². The van der Waals surface area contributed by atoms with E-state index in [9.17, 15) is 9.59 Å². The average molecular weight is 449 g/mol. The molecule has 3 aromatic rings. The highest BCUT2D eigenvalue weighted by Crippen LogP contribution is 2.26. The summed E-state index contributed by atoms with van der Waals surface area (Å²) < 4.78 is 5.22. The molecule has 0 atom stereocenters. The van der Waals surface area contributed by atoms with Crippen LogP contribution in [0.25, 0.3) is 0 Å². The summed E-state index contributed by atoms with van der Waals surface area (Å²) in [6, 6.07) is 17.3. The molecule has 0 aliphatic carbocycles. The first-order valence-electron chi connectivity index (χ1n) is 11.0. The van der Waals surface area contributed by atoms with Crippen LogP contribution in [0.15, 0.2) is 65.4 Å². The van der Waals surface area contributed by atoms with Crippen LogP contribution in [0.4, 0.5) is 5.69 Å². The lowest BCUT2D eigenvalue weighted by atomic mass is 9.90. The maximum Gasteiger partial charge on any atom is 0.256 e. The summed E-state index contributed by atoms with van der Waals surface area (Å²) in [5, 5.41) is 6.57. The lowest BCUT2D eigenvalue weighted by Crippen LogP contribution is -2.39. The number of amides is 2. The minimum absolute atomic E-state index is 0.0141. The second-order valence-electron chi connectivity index (χ2n) is 8.13. The molecule has 2 heterocycles. The maximum atomic E-state index is 13.2. The number of methoxy groups -OCH3 is 1. The fourth-order valence-electron chi connectivity index (χ4n) is 4.12. The number of benzene rings is 2. The molecular weight excluding hydrogens is 420 g/mol. The molecule has 5 nitrogen and oxygen atoms in total. The Morgan fingerprint density at radius 2 is 1.81 bits per heavy atom. The normalized spacial score (nSPS) is 14.2. The van der Waals surface area contributed by atoms with Crippen molar-refractivity contribution >= 4 is 28.8 Å². The fraction of sp³-hybridized carbons (Fsp3) is 0.308. The molecule has 0 radical (unpaired) electrons. The Bertz CT molecular complexity index is 1040. The molecule has 166 valence electrons. The third-order valence-corrected chi connectivity index (χ3v) is 6.77. The quantitative estimate of drug-likeness (QED) is 0.520. The van der Waals surface area contributed by atoms with Gasteiger partial charge in [0.1, 0.15) is 5.75 Å². The number of carbonyl (C=O) groups excluding carboxylic acids is 2. The van der Waals surface area contributed by atoms with E-state index in [1.807, 2.05) is 34.5 Å². The summed E-state index contributed by atoms with van der Waals surface area (Å²) in [4.78, 5) is 27.6. The zero-order valence-electron chi connectivity index (χ0n) is 18.3. The standard InChI is InChI=1S/C26H28N2O3S/c1-31-22-10-8-19(9-11-22)6-7-20-12-15-28(16-13-20)26(30)23-4-2-3-5-24(23)27-25(29)21-14-17-32-18-21/h2-5,8-11,14,17-18,20H,6-7,12-13,15-16H2,1H3,(H,27,29). The summed E-state index contributed by atoms with van der Waals surface area (Å²) in [5.74, 6) is 1.30. The molecule has 1 aliphatic heterocycles. The molecule has 1 fully saturated rings. The molecule has 2 amide bonds. The van der Waals surface area contributed by atoms with E-state index in [-0.39, 0.29) is 11.8 Å². The van der Waals surface area contributed by atoms with Crippen LogP contribution >= 0.6 is 11.3 Å². The maximum absolute atomic E-state index is 13.2. The predicted molar refractivity (Wildman–Crippen MR) is 129 cm³/mol. The number of nitrogens with one attached hydrogen (secondary N) is 1. The van der Waals surface area contributed by atoms with Gasteiger partial charge in [0.15, 0.2) is 0 Å². The van der Waals surface area contributed by atoms with Gasteiger partial charge in [-0.25, -0.2) is 0 Å². The number of para-hydroxylation sites is 1. The first kappa shape index (κ1) is 22.1. The van der Waals surface area contributed by atoms with Gasteiger partial charge in [-0.05, 0) is 72.9 Å². The van der Waals surface area contributed by atoms with E-state index in [2.05, 4.69) is 17.4 Å². The number of carbonyl (C=O) groups is 2. The van der Waals surface area contributed by atoms with E-state index in [1.165, 1.54) is 16.9 Å². The van der Waals surface area contributed by atoms with Crippen LogP contribution in [0, 0.1) is 5.92 Å². The number of likely N-dealkylation sites (tertiary alicyclic amines) is 1. The van der Waals surface area contributed by atoms with E-state index in [4.69, 9.17) is 4.74 Å². The first-order chi connectivity index (χ1) is 15.6. The van der Waals surface area contributed by atoms with E-state index in [0.717, 1.165) is 44.5 Å². The zero-order valence-corrected chi connectivity index (χ0v) is 19.1. The second-order valence-corrected chi connectivity index (χ2v) is 8.91. The van der Waals surface area contributed by atoms with E-state index >= 15 is 0 Å². The number of piperidine rings is 1. The van der Waals surface area contributed by atoms with Gasteiger partial charge in [0.2, 0.25) is 0 Å². The number of aryl methyl sites for hydroxylation is 1. The van der Waals surface area contributed by atoms with Crippen LogP contribution in [-0.2, 0) is 6.42 Å². The van der Waals surface area contributed by atoms with Gasteiger partial charge in [-0.15, -0.1) is 0 Å². The summed E-state index contributed by atoms with van der Waals surface area (Å²) in [5.41, 5.74) is 3.04. The van der Waals surface area contributed by atoms with Crippen molar-refractivity contribution in [3.8, 4) is 5.75 Å². The molecule has 1 saturated heterocycles. The number of anilines is 1. The lowest BCUT2D eigenvalue weighted by molar-refractivity contribution is 0.0688. The Balaban J connectivity index is 1.32. The third-order valence-electron chi connectivity index (χ3n) is 6.09. The monoisotopic (exact) mass is 448 g/mol. The third kappa shape index (κ3) is 5.37. The number of nitrogens with zero attached hydrogens (tertiary/aromatic N) is 1. The molecule has 0 unspecified atom stereocenters. The summed E-state index contributed by atoms with van der Waals surface area (Å²) in [6.07, 6.45) is 4.18. The van der Waals surface area contributed by atoms with Crippen LogP contribution in [-0.4, -0.2) is 36.9 Å².